The van der Waals surface area contributed by atoms with Crippen LogP contribution in [-0.2, 0) is 9.59 Å². The van der Waals surface area contributed by atoms with Gasteiger partial charge in [0.25, 0.3) is 0 Å². The van der Waals surface area contributed by atoms with Crippen molar-refractivity contribution < 1.29 is 19.8 Å². The highest BCUT2D eigenvalue weighted by atomic mass is 32.2. The highest BCUT2D eigenvalue weighted by molar-refractivity contribution is 8.03. The van der Waals surface area contributed by atoms with Crippen molar-refractivity contribution in [3.63, 3.8) is 0 Å². The number of hydrogen-bond donors (Lipinski definition) is 2. The largest absolute Gasteiger partial charge is 0.480 e. The van der Waals surface area contributed by atoms with Crippen LogP contribution in [0.2, 0.25) is 0 Å². The van der Waals surface area contributed by atoms with Gasteiger partial charge in [-0.25, -0.2) is 0 Å². The summed E-state index contributed by atoms with van der Waals surface area (Å²) >= 11 is 1.11. The molecule has 0 heterocycles. The van der Waals surface area contributed by atoms with E-state index < -0.39 is 21.4 Å². The fourth-order valence-electron chi connectivity index (χ4n) is 2.33. The lowest BCUT2D eigenvalue weighted by Crippen LogP contribution is -2.42. The molecule has 0 aromatic rings. The predicted octanol–water partition coefficient (Wildman–Crippen LogP) is 4.57. The first-order valence-electron chi connectivity index (χ1n) is 7.89. The zero-order valence-corrected chi connectivity index (χ0v) is 14.6. The molecule has 0 fully saturated rings. The Hall–Kier alpha value is -0.710. The van der Waals surface area contributed by atoms with E-state index in [1.165, 1.54) is 0 Å². The highest BCUT2D eigenvalue weighted by Crippen LogP contribution is 2.43. The van der Waals surface area contributed by atoms with Crippen LogP contribution >= 0.6 is 11.8 Å². The van der Waals surface area contributed by atoms with E-state index in [1.807, 2.05) is 0 Å². The summed E-state index contributed by atoms with van der Waals surface area (Å²) in [7, 11) is 0. The molecule has 2 atom stereocenters. The van der Waals surface area contributed by atoms with Gasteiger partial charge >= 0.3 is 11.9 Å². The minimum atomic E-state index is -1.03. The van der Waals surface area contributed by atoms with Gasteiger partial charge < -0.3 is 10.2 Å². The number of thioether (sulfide) groups is 1. The molecule has 5 heteroatoms. The molecular weight excluding hydrogens is 288 g/mol. The zero-order chi connectivity index (χ0) is 16.5. The van der Waals surface area contributed by atoms with Gasteiger partial charge in [-0.1, -0.05) is 52.4 Å². The van der Waals surface area contributed by atoms with Crippen molar-refractivity contribution in [3.8, 4) is 0 Å². The number of unbranched alkanes of at least 4 members (excludes halogenated alkanes) is 4. The van der Waals surface area contributed by atoms with Gasteiger partial charge in [-0.05, 0) is 26.7 Å². The molecule has 4 nitrogen and oxygen atoms in total. The molecule has 0 aliphatic carbocycles. The second kappa shape index (κ2) is 9.34. The van der Waals surface area contributed by atoms with Gasteiger partial charge in [0.15, 0.2) is 0 Å². The minimum absolute atomic E-state index is 0.511. The molecule has 21 heavy (non-hydrogen) atoms. The van der Waals surface area contributed by atoms with Crippen LogP contribution in [0.3, 0.4) is 0 Å². The fourth-order valence-corrected chi connectivity index (χ4v) is 3.99. The van der Waals surface area contributed by atoms with Crippen LogP contribution in [0.4, 0.5) is 0 Å². The van der Waals surface area contributed by atoms with Crippen LogP contribution in [0.15, 0.2) is 0 Å². The van der Waals surface area contributed by atoms with Crippen LogP contribution in [0.5, 0.6) is 0 Å². The summed E-state index contributed by atoms with van der Waals surface area (Å²) in [5.41, 5.74) is 0. The second-order valence-electron chi connectivity index (χ2n) is 6.09. The Morgan fingerprint density at radius 1 is 0.810 bits per heavy atom. The van der Waals surface area contributed by atoms with Crippen molar-refractivity contribution >= 4 is 23.7 Å². The monoisotopic (exact) mass is 318 g/mol. The number of carbonyl (C=O) groups is 2. The Labute approximate surface area is 132 Å². The normalized spacial score (nSPS) is 17.0. The molecule has 124 valence electrons. The molecule has 0 aromatic heterocycles. The molecule has 0 saturated carbocycles. The molecule has 0 aliphatic heterocycles. The third-order valence-corrected chi connectivity index (χ3v) is 5.53. The summed E-state index contributed by atoms with van der Waals surface area (Å²) in [4.78, 5) is 23.3. The van der Waals surface area contributed by atoms with Crippen molar-refractivity contribution in [3.05, 3.63) is 0 Å². The number of carboxylic acids is 2. The maximum atomic E-state index is 11.6. The summed E-state index contributed by atoms with van der Waals surface area (Å²) in [5, 5.41) is 19.1. The Bertz CT molecular complexity index is 313. The van der Waals surface area contributed by atoms with E-state index in [0.29, 0.717) is 12.8 Å². The fraction of sp³-hybridized carbons (Fsp3) is 0.875. The van der Waals surface area contributed by atoms with Gasteiger partial charge in [-0.2, -0.15) is 0 Å². The average Bonchev–Trinajstić information content (AvgIpc) is 2.39. The third-order valence-electron chi connectivity index (χ3n) is 3.87. The molecule has 0 amide bonds. The molecule has 0 saturated heterocycles. The van der Waals surface area contributed by atoms with E-state index in [1.54, 1.807) is 13.8 Å². The van der Waals surface area contributed by atoms with Crippen LogP contribution in [0.1, 0.15) is 79.1 Å². The van der Waals surface area contributed by atoms with E-state index in [-0.39, 0.29) is 0 Å². The zero-order valence-electron chi connectivity index (χ0n) is 13.8. The number of hydrogen-bond acceptors (Lipinski definition) is 3. The second-order valence-corrected chi connectivity index (χ2v) is 8.09. The molecule has 0 spiro atoms. The third kappa shape index (κ3) is 6.72. The van der Waals surface area contributed by atoms with E-state index in [9.17, 15) is 19.8 Å². The van der Waals surface area contributed by atoms with E-state index >= 15 is 0 Å². The first-order valence-corrected chi connectivity index (χ1v) is 8.70. The van der Waals surface area contributed by atoms with Gasteiger partial charge in [-0.3, -0.25) is 9.59 Å². The van der Waals surface area contributed by atoms with Crippen molar-refractivity contribution in [2.75, 3.05) is 0 Å². The Morgan fingerprint density at radius 2 is 1.14 bits per heavy atom. The molecule has 0 bridgehead atoms. The number of carboxylic acid groups (broad SMARTS) is 2. The summed E-state index contributed by atoms with van der Waals surface area (Å²) in [6, 6.07) is 0. The molecular formula is C16H30O4S. The van der Waals surface area contributed by atoms with E-state index in [0.717, 1.165) is 50.3 Å². The quantitative estimate of drug-likeness (QED) is 0.516. The van der Waals surface area contributed by atoms with Crippen LogP contribution < -0.4 is 0 Å². The van der Waals surface area contributed by atoms with Crippen molar-refractivity contribution in [1.82, 2.24) is 0 Å². The lowest BCUT2D eigenvalue weighted by molar-refractivity contribution is -0.139. The van der Waals surface area contributed by atoms with Crippen LogP contribution in [0, 0.1) is 0 Å². The highest BCUT2D eigenvalue weighted by Gasteiger charge is 2.45. The molecule has 2 unspecified atom stereocenters. The maximum Gasteiger partial charge on any atom is 0.319 e. The summed E-state index contributed by atoms with van der Waals surface area (Å²) < 4.78 is -2.07. The summed E-state index contributed by atoms with van der Waals surface area (Å²) in [5.74, 6) is -1.82. The average molecular weight is 318 g/mol. The lowest BCUT2D eigenvalue weighted by atomic mass is 10.0. The molecule has 0 radical (unpaired) electrons. The van der Waals surface area contributed by atoms with Gasteiger partial charge in [0.1, 0.15) is 9.49 Å². The predicted molar refractivity (Wildman–Crippen MR) is 88.0 cm³/mol. The van der Waals surface area contributed by atoms with Crippen molar-refractivity contribution in [1.29, 1.82) is 0 Å². The van der Waals surface area contributed by atoms with Crippen LogP contribution in [-0.4, -0.2) is 31.6 Å². The van der Waals surface area contributed by atoms with Gasteiger partial charge in [-0.15, -0.1) is 11.8 Å². The maximum absolute atomic E-state index is 11.6. The summed E-state index contributed by atoms with van der Waals surface area (Å²) in [6.07, 6.45) is 6.65. The van der Waals surface area contributed by atoms with Gasteiger partial charge in [0, 0.05) is 0 Å². The first kappa shape index (κ1) is 20.3. The molecule has 0 rings (SSSR count). The molecule has 0 aromatic carbocycles. The topological polar surface area (TPSA) is 74.6 Å². The first-order chi connectivity index (χ1) is 9.72. The molecule has 0 aliphatic rings. The number of aliphatic carboxylic acids is 2. The number of rotatable bonds is 12. The summed E-state index contributed by atoms with van der Waals surface area (Å²) in [6.45, 7) is 7.46. The SMILES string of the molecule is CCCCCC(C)(SC(C)(CCCCC)C(=O)O)C(=O)O. The minimum Gasteiger partial charge on any atom is -0.480 e. The van der Waals surface area contributed by atoms with Crippen molar-refractivity contribution in [2.45, 2.75) is 88.6 Å². The van der Waals surface area contributed by atoms with E-state index in [2.05, 4.69) is 13.8 Å². The Balaban J connectivity index is 4.96. The standard InChI is InChI=1S/C16H30O4S/c1-5-7-9-11-15(3,13(17)18)21-16(4,14(19)20)12-10-8-6-2/h5-12H2,1-4H3,(H,17,18)(H,19,20). The van der Waals surface area contributed by atoms with E-state index in [4.69, 9.17) is 0 Å². The van der Waals surface area contributed by atoms with Crippen molar-refractivity contribution in [2.24, 2.45) is 0 Å². The Kier molecular flexibility index (Phi) is 9.02. The Morgan fingerprint density at radius 3 is 1.38 bits per heavy atom. The smallest absolute Gasteiger partial charge is 0.319 e. The van der Waals surface area contributed by atoms with Gasteiger partial charge in [0.2, 0.25) is 0 Å². The van der Waals surface area contributed by atoms with Gasteiger partial charge in [0.05, 0.1) is 0 Å². The lowest BCUT2D eigenvalue weighted by Gasteiger charge is -2.34. The molecule has 2 N–H and O–H groups in total. The van der Waals surface area contributed by atoms with Crippen LogP contribution in [0.25, 0.3) is 0 Å².